The van der Waals surface area contributed by atoms with E-state index in [2.05, 4.69) is 60.4 Å². The fourth-order valence-corrected chi connectivity index (χ4v) is 9.24. The maximum Gasteiger partial charge on any atom is 0.254 e. The van der Waals surface area contributed by atoms with E-state index >= 15 is 0 Å². The van der Waals surface area contributed by atoms with Gasteiger partial charge in [0.25, 0.3) is 11.8 Å². The Morgan fingerprint density at radius 3 is 1.47 bits per heavy atom. The molecule has 2 unspecified atom stereocenters. The van der Waals surface area contributed by atoms with Crippen molar-refractivity contribution in [2.24, 2.45) is 0 Å². The molecule has 22 heteroatoms. The van der Waals surface area contributed by atoms with Crippen molar-refractivity contribution in [3.05, 3.63) is 34.7 Å². The lowest BCUT2D eigenvalue weighted by atomic mass is 9.91. The van der Waals surface area contributed by atoms with E-state index in [1.165, 1.54) is 0 Å². The number of imide groups is 2. The molecule has 2 atom stereocenters. The van der Waals surface area contributed by atoms with E-state index < -0.39 is 24.2 Å². The lowest BCUT2D eigenvalue weighted by Gasteiger charge is -2.33. The summed E-state index contributed by atoms with van der Waals surface area (Å²) in [6, 6.07) is 0.975. The minimum Gasteiger partial charge on any atom is -0.393 e. The second kappa shape index (κ2) is 18.1. The third kappa shape index (κ3) is 9.37. The van der Waals surface area contributed by atoms with Gasteiger partial charge >= 0.3 is 0 Å². The summed E-state index contributed by atoms with van der Waals surface area (Å²) < 4.78 is 31.0. The number of halogens is 2. The standard InChI is InChI=1S/C22H29FN8O2.C20H24FN7O3/c1-29(2)17-5-3-16(4-6-17)25-21-27-19-14(9-13-10-18(32)26-20(13)33)11-24-31(19)22(28-21)30-8-7-15(23)12-30;21-13-5-6-27(10-13)20-26-19(23-14-1-3-15(29)4-2-14)25-17-12(9-22-28(17)20)7-11-8-16(30)24-18(11)31/h9,11,15-17H,3-8,10,12H2,1-2H3,(H,25,27)(H,26,32,33);7,9,13-15,29H,1-6,8,10H2,(H,23,25)(H,24,30,31)/b13-9+;11-7+. The average Bonchev–Trinajstić information content (AvgIpc) is 4.14. The highest BCUT2D eigenvalue weighted by Crippen LogP contribution is 2.30. The third-order valence-corrected chi connectivity index (χ3v) is 12.8. The molecule has 2 saturated carbocycles. The van der Waals surface area contributed by atoms with Crippen molar-refractivity contribution in [1.29, 1.82) is 0 Å². The Morgan fingerprint density at radius 2 is 1.09 bits per heavy atom. The molecule has 5 N–H and O–H groups in total. The molecule has 4 aromatic heterocycles. The molecule has 0 radical (unpaired) electrons. The van der Waals surface area contributed by atoms with Gasteiger partial charge in [0, 0.05) is 53.5 Å². The summed E-state index contributed by atoms with van der Waals surface area (Å²) in [6.45, 7) is 1.56. The minimum absolute atomic E-state index is 0.0132. The van der Waals surface area contributed by atoms with Gasteiger partial charge in [-0.05, 0) is 90.5 Å². The normalized spacial score (nSPS) is 27.6. The molecule has 4 amide bonds. The first kappa shape index (κ1) is 43.1. The van der Waals surface area contributed by atoms with E-state index in [9.17, 15) is 33.1 Å². The summed E-state index contributed by atoms with van der Waals surface area (Å²) in [7, 11) is 4.23. The van der Waals surface area contributed by atoms with Gasteiger partial charge in [0.2, 0.25) is 35.6 Å². The van der Waals surface area contributed by atoms with Crippen molar-refractivity contribution in [1.82, 2.24) is 54.7 Å². The summed E-state index contributed by atoms with van der Waals surface area (Å²) in [4.78, 5) is 71.8. The second-order valence-corrected chi connectivity index (χ2v) is 17.7. The van der Waals surface area contributed by atoms with Crippen molar-refractivity contribution in [3.63, 3.8) is 0 Å². The molecule has 10 rings (SSSR count). The number of fused-ring (bicyclic) bond motifs is 2. The molecule has 0 aromatic carbocycles. The molecule has 64 heavy (non-hydrogen) atoms. The van der Waals surface area contributed by atoms with E-state index in [-0.39, 0.29) is 55.9 Å². The van der Waals surface area contributed by atoms with Gasteiger partial charge in [-0.1, -0.05) is 0 Å². The maximum atomic E-state index is 14.0. The number of hydrogen-bond acceptors (Lipinski definition) is 16. The van der Waals surface area contributed by atoms with Crippen LogP contribution in [0.1, 0.15) is 88.2 Å². The van der Waals surface area contributed by atoms with Crippen LogP contribution in [-0.2, 0) is 19.2 Å². The smallest absolute Gasteiger partial charge is 0.254 e. The van der Waals surface area contributed by atoms with Crippen LogP contribution in [0.25, 0.3) is 23.4 Å². The monoisotopic (exact) mass is 885 g/mol. The molecule has 8 heterocycles. The van der Waals surface area contributed by atoms with Crippen LogP contribution in [0.4, 0.5) is 32.6 Å². The average molecular weight is 886 g/mol. The van der Waals surface area contributed by atoms with Gasteiger partial charge in [0.1, 0.15) is 12.3 Å². The van der Waals surface area contributed by atoms with Crippen molar-refractivity contribution in [2.75, 3.05) is 60.7 Å². The van der Waals surface area contributed by atoms with Crippen molar-refractivity contribution in [3.8, 4) is 0 Å². The lowest BCUT2D eigenvalue weighted by Crippen LogP contribution is -2.36. The van der Waals surface area contributed by atoms with Crippen LogP contribution in [0.15, 0.2) is 23.5 Å². The van der Waals surface area contributed by atoms with E-state index in [1.807, 2.05) is 9.80 Å². The number of aliphatic hydroxyl groups excluding tert-OH is 1. The van der Waals surface area contributed by atoms with E-state index in [4.69, 9.17) is 9.97 Å². The Bertz CT molecular complexity index is 2510. The predicted octanol–water partition coefficient (Wildman–Crippen LogP) is 2.20. The summed E-state index contributed by atoms with van der Waals surface area (Å²) in [5.41, 5.74) is 2.92. The lowest BCUT2D eigenvalue weighted by molar-refractivity contribution is -0.125. The molecule has 20 nitrogen and oxygen atoms in total. The number of carbonyl (C=O) groups is 4. The number of alkyl halides is 2. The van der Waals surface area contributed by atoms with Crippen LogP contribution < -0.4 is 31.1 Å². The van der Waals surface area contributed by atoms with Gasteiger partial charge in [-0.2, -0.15) is 39.2 Å². The molecule has 6 aliphatic rings. The quantitative estimate of drug-likeness (QED) is 0.120. The van der Waals surface area contributed by atoms with Crippen LogP contribution in [0.2, 0.25) is 0 Å². The number of nitrogens with zero attached hydrogens (tertiary/aromatic N) is 11. The van der Waals surface area contributed by atoms with Crippen LogP contribution in [0.5, 0.6) is 0 Å². The molecule has 2 aliphatic carbocycles. The van der Waals surface area contributed by atoms with E-state index in [0.29, 0.717) is 89.3 Å². The summed E-state index contributed by atoms with van der Waals surface area (Å²) in [5.74, 6) is 0.414. The number of anilines is 4. The molecular weight excluding hydrogens is 833 g/mol. The van der Waals surface area contributed by atoms with Gasteiger partial charge < -0.3 is 30.4 Å². The summed E-state index contributed by atoms with van der Waals surface area (Å²) in [6.07, 6.45) is 12.5. The Balaban J connectivity index is 0.000000162. The van der Waals surface area contributed by atoms with E-state index in [1.54, 1.807) is 33.6 Å². The highest BCUT2D eigenvalue weighted by atomic mass is 19.1. The van der Waals surface area contributed by atoms with Crippen molar-refractivity contribution in [2.45, 2.75) is 114 Å². The zero-order valence-electron chi connectivity index (χ0n) is 35.8. The third-order valence-electron chi connectivity index (χ3n) is 12.8. The Morgan fingerprint density at radius 1 is 0.656 bits per heavy atom. The topological polar surface area (TPSA) is 233 Å². The van der Waals surface area contributed by atoms with Crippen LogP contribution in [0.3, 0.4) is 0 Å². The number of aromatic nitrogens is 8. The molecule has 4 aliphatic heterocycles. The van der Waals surface area contributed by atoms with Gasteiger partial charge in [0.05, 0.1) is 44.4 Å². The Hall–Kier alpha value is -6.16. The fraction of sp³-hybridized carbons (Fsp3) is 0.571. The maximum absolute atomic E-state index is 14.0. The molecule has 0 bridgehead atoms. The van der Waals surface area contributed by atoms with Crippen LogP contribution >= 0.6 is 0 Å². The molecule has 0 spiro atoms. The zero-order valence-corrected chi connectivity index (χ0v) is 35.8. The first-order valence-electron chi connectivity index (χ1n) is 22.1. The van der Waals surface area contributed by atoms with Gasteiger partial charge in [-0.25, -0.2) is 8.78 Å². The second-order valence-electron chi connectivity index (χ2n) is 17.7. The Labute approximate surface area is 366 Å². The first-order chi connectivity index (χ1) is 30.8. The minimum atomic E-state index is -0.924. The molecule has 4 saturated heterocycles. The largest absolute Gasteiger partial charge is 0.393 e. The van der Waals surface area contributed by atoms with E-state index in [0.717, 1.165) is 51.4 Å². The number of aliphatic hydroxyl groups is 1. The summed E-state index contributed by atoms with van der Waals surface area (Å²) >= 11 is 0. The first-order valence-corrected chi connectivity index (χ1v) is 22.1. The predicted molar refractivity (Wildman–Crippen MR) is 232 cm³/mol. The van der Waals surface area contributed by atoms with Crippen LogP contribution in [0, 0.1) is 0 Å². The highest BCUT2D eigenvalue weighted by Gasteiger charge is 2.31. The Kier molecular flexibility index (Phi) is 12.2. The zero-order chi connectivity index (χ0) is 44.6. The van der Waals surface area contributed by atoms with Gasteiger partial charge in [-0.15, -0.1) is 0 Å². The molecular formula is C42H53F2N15O5. The SMILES string of the molecule is CN(C)C1CCC(Nc2nc(N3CCC(F)C3)n3ncc(/C=C4\CC(=O)NC4=O)c3n2)CC1.O=C1C/C(=C\c2cnn3c(N4CCC(F)C4)nc(NC4CCC(O)CC4)nc23)C(=O)N1. The number of nitrogens with one attached hydrogen (secondary N) is 4. The van der Waals surface area contributed by atoms with Crippen molar-refractivity contribution >= 4 is 70.9 Å². The van der Waals surface area contributed by atoms with Gasteiger partial charge in [-0.3, -0.25) is 29.8 Å². The fourth-order valence-electron chi connectivity index (χ4n) is 9.24. The summed E-state index contributed by atoms with van der Waals surface area (Å²) in [5, 5.41) is 29.9. The number of amides is 4. The molecule has 4 aromatic rings. The van der Waals surface area contributed by atoms with Gasteiger partial charge in [0.15, 0.2) is 11.3 Å². The molecule has 6 fully saturated rings. The van der Waals surface area contributed by atoms with Crippen molar-refractivity contribution < 1.29 is 33.1 Å². The number of carbonyl (C=O) groups excluding carboxylic acids is 4. The molecule has 340 valence electrons. The highest BCUT2D eigenvalue weighted by molar-refractivity contribution is 6.16. The van der Waals surface area contributed by atoms with Crippen LogP contribution in [-0.4, -0.2) is 150 Å². The number of hydrogen-bond donors (Lipinski definition) is 5. The number of rotatable bonds is 9.